The monoisotopic (exact) mass is 464 g/mol. The normalized spacial score (nSPS) is 17.6. The van der Waals surface area contributed by atoms with Gasteiger partial charge in [-0.3, -0.25) is 9.69 Å². The van der Waals surface area contributed by atoms with E-state index in [1.54, 1.807) is 29.2 Å². The SMILES string of the molecule is C[C@H](Oc1cc(Cl)ccc1OCC(=O)N1CCN(Cc2ccc(F)cc2)C[C@H]1C)C(=O)O. The zero-order chi connectivity index (χ0) is 23.3. The van der Waals surface area contributed by atoms with Crippen molar-refractivity contribution in [2.75, 3.05) is 26.2 Å². The Morgan fingerprint density at radius 2 is 1.91 bits per heavy atom. The first-order chi connectivity index (χ1) is 15.2. The number of rotatable bonds is 8. The van der Waals surface area contributed by atoms with Crippen LogP contribution < -0.4 is 9.47 Å². The molecule has 1 aliphatic heterocycles. The molecule has 1 N–H and O–H groups in total. The van der Waals surface area contributed by atoms with Gasteiger partial charge in [0.1, 0.15) is 5.82 Å². The Kier molecular flexibility index (Phi) is 7.93. The quantitative estimate of drug-likeness (QED) is 0.644. The van der Waals surface area contributed by atoms with E-state index in [1.165, 1.54) is 25.1 Å². The summed E-state index contributed by atoms with van der Waals surface area (Å²) in [5.41, 5.74) is 1.02. The smallest absolute Gasteiger partial charge is 0.344 e. The molecule has 2 aromatic carbocycles. The fraction of sp³-hybridized carbons (Fsp3) is 0.391. The maximum absolute atomic E-state index is 13.1. The van der Waals surface area contributed by atoms with Crippen LogP contribution in [-0.2, 0) is 16.1 Å². The van der Waals surface area contributed by atoms with Crippen LogP contribution in [0.5, 0.6) is 11.5 Å². The molecule has 32 heavy (non-hydrogen) atoms. The van der Waals surface area contributed by atoms with Gasteiger partial charge in [0.25, 0.3) is 5.91 Å². The molecule has 1 saturated heterocycles. The van der Waals surface area contributed by atoms with Crippen molar-refractivity contribution in [2.45, 2.75) is 32.5 Å². The van der Waals surface area contributed by atoms with Crippen LogP contribution in [0.15, 0.2) is 42.5 Å². The van der Waals surface area contributed by atoms with Crippen molar-refractivity contribution < 1.29 is 28.6 Å². The Bertz CT molecular complexity index is 956. The second-order valence-corrected chi connectivity index (χ2v) is 8.21. The molecule has 0 unspecified atom stereocenters. The maximum atomic E-state index is 13.1. The van der Waals surface area contributed by atoms with Gasteiger partial charge in [-0.1, -0.05) is 23.7 Å². The van der Waals surface area contributed by atoms with Crippen molar-refractivity contribution in [3.63, 3.8) is 0 Å². The molecule has 1 fully saturated rings. The minimum absolute atomic E-state index is 0.0201. The lowest BCUT2D eigenvalue weighted by molar-refractivity contribution is -0.144. The van der Waals surface area contributed by atoms with Gasteiger partial charge >= 0.3 is 5.97 Å². The first-order valence-electron chi connectivity index (χ1n) is 10.3. The van der Waals surface area contributed by atoms with Crippen LogP contribution in [0.1, 0.15) is 19.4 Å². The highest BCUT2D eigenvalue weighted by Crippen LogP contribution is 2.31. The Morgan fingerprint density at radius 3 is 2.56 bits per heavy atom. The number of aliphatic carboxylic acids is 1. The van der Waals surface area contributed by atoms with Gasteiger partial charge in [0.15, 0.2) is 24.2 Å². The lowest BCUT2D eigenvalue weighted by Gasteiger charge is -2.39. The number of carboxylic acid groups (broad SMARTS) is 1. The predicted molar refractivity (Wildman–Crippen MR) is 118 cm³/mol. The molecule has 2 atom stereocenters. The lowest BCUT2D eigenvalue weighted by Crippen LogP contribution is -2.54. The molecule has 3 rings (SSSR count). The van der Waals surface area contributed by atoms with E-state index in [-0.39, 0.29) is 35.9 Å². The van der Waals surface area contributed by atoms with E-state index in [9.17, 15) is 14.0 Å². The molecule has 0 aromatic heterocycles. The Labute approximate surface area is 191 Å². The van der Waals surface area contributed by atoms with E-state index in [2.05, 4.69) is 4.90 Å². The van der Waals surface area contributed by atoms with Gasteiger partial charge in [0.2, 0.25) is 0 Å². The Balaban J connectivity index is 1.55. The van der Waals surface area contributed by atoms with Crippen LogP contribution in [0.25, 0.3) is 0 Å². The fourth-order valence-electron chi connectivity index (χ4n) is 3.55. The molecule has 1 amide bonds. The minimum Gasteiger partial charge on any atom is -0.480 e. The van der Waals surface area contributed by atoms with Gasteiger partial charge in [0.05, 0.1) is 0 Å². The largest absolute Gasteiger partial charge is 0.480 e. The molecular formula is C23H26ClFN2O5. The summed E-state index contributed by atoms with van der Waals surface area (Å²) in [6.45, 7) is 5.78. The summed E-state index contributed by atoms with van der Waals surface area (Å²) in [6, 6.07) is 11.0. The first-order valence-corrected chi connectivity index (χ1v) is 10.7. The Hall–Kier alpha value is -2.84. The second-order valence-electron chi connectivity index (χ2n) is 7.78. The summed E-state index contributed by atoms with van der Waals surface area (Å²) in [4.78, 5) is 27.8. The Morgan fingerprint density at radius 1 is 1.19 bits per heavy atom. The highest BCUT2D eigenvalue weighted by molar-refractivity contribution is 6.30. The highest BCUT2D eigenvalue weighted by Gasteiger charge is 2.28. The summed E-state index contributed by atoms with van der Waals surface area (Å²) in [6.07, 6.45) is -1.10. The average Bonchev–Trinajstić information content (AvgIpc) is 2.74. The fourth-order valence-corrected chi connectivity index (χ4v) is 3.71. The number of hydrogen-bond acceptors (Lipinski definition) is 5. The third-order valence-corrected chi connectivity index (χ3v) is 5.49. The van der Waals surface area contributed by atoms with Crippen LogP contribution in [-0.4, -0.2) is 65.2 Å². The summed E-state index contributed by atoms with van der Waals surface area (Å²) < 4.78 is 24.1. The predicted octanol–water partition coefficient (Wildman–Crippen LogP) is 3.44. The third-order valence-electron chi connectivity index (χ3n) is 5.26. The van der Waals surface area contributed by atoms with Crippen LogP contribution in [0, 0.1) is 5.82 Å². The molecule has 9 heteroatoms. The van der Waals surface area contributed by atoms with Crippen molar-refractivity contribution in [1.29, 1.82) is 0 Å². The van der Waals surface area contributed by atoms with Crippen molar-refractivity contribution in [2.24, 2.45) is 0 Å². The maximum Gasteiger partial charge on any atom is 0.344 e. The summed E-state index contributed by atoms with van der Waals surface area (Å²) in [5, 5.41) is 9.43. The van der Waals surface area contributed by atoms with Crippen LogP contribution in [0.4, 0.5) is 4.39 Å². The topological polar surface area (TPSA) is 79.3 Å². The molecule has 7 nitrogen and oxygen atoms in total. The molecule has 0 aliphatic carbocycles. The standard InChI is InChI=1S/C23H26ClFN2O5/c1-15-12-26(13-17-3-6-19(25)7-4-17)9-10-27(15)22(28)14-31-20-8-5-18(24)11-21(20)32-16(2)23(29)30/h3-8,11,15-16H,9-10,12-14H2,1-2H3,(H,29,30)/t15-,16+/m1/s1. The number of halogens is 2. The zero-order valence-corrected chi connectivity index (χ0v) is 18.7. The molecule has 1 aliphatic rings. The number of benzene rings is 2. The van der Waals surface area contributed by atoms with Crippen LogP contribution >= 0.6 is 11.6 Å². The number of amides is 1. The number of carbonyl (C=O) groups is 2. The number of piperazine rings is 1. The van der Waals surface area contributed by atoms with E-state index < -0.39 is 12.1 Å². The van der Waals surface area contributed by atoms with Crippen molar-refractivity contribution >= 4 is 23.5 Å². The van der Waals surface area contributed by atoms with Gasteiger partial charge in [-0.15, -0.1) is 0 Å². The number of carbonyl (C=O) groups excluding carboxylic acids is 1. The summed E-state index contributed by atoms with van der Waals surface area (Å²) in [5.74, 6) is -1.15. The van der Waals surface area contributed by atoms with E-state index in [0.29, 0.717) is 31.2 Å². The molecular weight excluding hydrogens is 439 g/mol. The van der Waals surface area contributed by atoms with Crippen LogP contribution in [0.2, 0.25) is 5.02 Å². The molecule has 1 heterocycles. The first kappa shape index (κ1) is 23.8. The highest BCUT2D eigenvalue weighted by atomic mass is 35.5. The zero-order valence-electron chi connectivity index (χ0n) is 18.0. The van der Waals surface area contributed by atoms with E-state index >= 15 is 0 Å². The molecule has 0 saturated carbocycles. The van der Waals surface area contributed by atoms with E-state index in [4.69, 9.17) is 26.2 Å². The number of ether oxygens (including phenoxy) is 2. The van der Waals surface area contributed by atoms with Crippen molar-refractivity contribution in [3.05, 3.63) is 58.9 Å². The van der Waals surface area contributed by atoms with E-state index in [1.807, 2.05) is 6.92 Å². The van der Waals surface area contributed by atoms with Gasteiger partial charge in [0, 0.05) is 43.3 Å². The minimum atomic E-state index is -1.13. The van der Waals surface area contributed by atoms with Gasteiger partial charge < -0.3 is 19.5 Å². The second kappa shape index (κ2) is 10.7. The van der Waals surface area contributed by atoms with Crippen molar-refractivity contribution in [3.8, 4) is 11.5 Å². The van der Waals surface area contributed by atoms with Gasteiger partial charge in [-0.25, -0.2) is 9.18 Å². The van der Waals surface area contributed by atoms with Crippen molar-refractivity contribution in [1.82, 2.24) is 9.80 Å². The van der Waals surface area contributed by atoms with Crippen LogP contribution in [0.3, 0.4) is 0 Å². The summed E-state index contributed by atoms with van der Waals surface area (Å²) >= 11 is 5.98. The third kappa shape index (κ3) is 6.34. The molecule has 0 radical (unpaired) electrons. The molecule has 172 valence electrons. The molecule has 0 spiro atoms. The van der Waals surface area contributed by atoms with Gasteiger partial charge in [-0.2, -0.15) is 0 Å². The number of carboxylic acids is 1. The number of nitrogens with zero attached hydrogens (tertiary/aromatic N) is 2. The average molecular weight is 465 g/mol. The number of hydrogen-bond donors (Lipinski definition) is 1. The molecule has 2 aromatic rings. The van der Waals surface area contributed by atoms with Gasteiger partial charge in [-0.05, 0) is 43.7 Å². The molecule has 0 bridgehead atoms. The summed E-state index contributed by atoms with van der Waals surface area (Å²) in [7, 11) is 0. The van der Waals surface area contributed by atoms with E-state index in [0.717, 1.165) is 5.56 Å². The lowest BCUT2D eigenvalue weighted by atomic mass is 10.1.